The fourth-order valence-corrected chi connectivity index (χ4v) is 0.988. The van der Waals surface area contributed by atoms with Crippen LogP contribution in [0, 0.1) is 0 Å². The third kappa shape index (κ3) is 3.86. The van der Waals surface area contributed by atoms with E-state index in [9.17, 15) is 9.59 Å². The number of carbonyl (C=O) groups excluding carboxylic acids is 1. The van der Waals surface area contributed by atoms with Gasteiger partial charge in [-0.15, -0.1) is 0 Å². The summed E-state index contributed by atoms with van der Waals surface area (Å²) in [6.07, 6.45) is 0. The number of aromatic hydroxyl groups is 1. The van der Waals surface area contributed by atoms with Gasteiger partial charge in [0.05, 0.1) is 0 Å². The standard InChI is InChI=1S/C9H9NO4.Pb.2H/c1-5(11)10-6-2-3-8(12)7(4-6)9(13)14;;;/h2-4,12H,1H3,(H,10,11)(H,13,14);;;. The normalized spacial score (nSPS) is 8.87. The molecule has 15 heavy (non-hydrogen) atoms. The Hall–Kier alpha value is -1.12. The van der Waals surface area contributed by atoms with Crippen molar-refractivity contribution in [1.82, 2.24) is 0 Å². The monoisotopic (exact) mass is 405 g/mol. The molecule has 0 aliphatic carbocycles. The Bertz CT molecular complexity index is 392. The molecule has 0 aliphatic heterocycles. The number of carboxylic acids is 1. The molecule has 1 rings (SSSR count). The van der Waals surface area contributed by atoms with Gasteiger partial charge in [0.25, 0.3) is 0 Å². The molecule has 0 bridgehead atoms. The van der Waals surface area contributed by atoms with E-state index in [4.69, 9.17) is 10.2 Å². The summed E-state index contributed by atoms with van der Waals surface area (Å²) in [4.78, 5) is 21.2. The minimum atomic E-state index is -1.24. The summed E-state index contributed by atoms with van der Waals surface area (Å²) in [5, 5.41) is 20.2. The van der Waals surface area contributed by atoms with Crippen molar-refractivity contribution in [3.63, 3.8) is 0 Å². The van der Waals surface area contributed by atoms with Gasteiger partial charge < -0.3 is 15.5 Å². The average Bonchev–Trinajstić information content (AvgIpc) is 2.07. The second kappa shape index (κ2) is 5.69. The predicted molar refractivity (Wildman–Crippen MR) is 57.9 cm³/mol. The molecule has 0 aliphatic rings. The molecule has 3 N–H and O–H groups in total. The third-order valence-corrected chi connectivity index (χ3v) is 1.55. The van der Waals surface area contributed by atoms with Crippen LogP contribution in [0.4, 0.5) is 5.69 Å². The Morgan fingerprint density at radius 2 is 1.93 bits per heavy atom. The molecule has 0 saturated carbocycles. The number of phenols is 1. The fraction of sp³-hybridized carbons (Fsp3) is 0.111. The minimum absolute atomic E-state index is 0. The van der Waals surface area contributed by atoms with Crippen LogP contribution in [-0.2, 0) is 4.79 Å². The summed E-state index contributed by atoms with van der Waals surface area (Å²) in [5.74, 6) is -1.87. The predicted octanol–water partition coefficient (Wildman–Crippen LogP) is 0.133. The summed E-state index contributed by atoms with van der Waals surface area (Å²) in [5.41, 5.74) is 0.101. The van der Waals surface area contributed by atoms with Crippen LogP contribution in [0.25, 0.3) is 0 Å². The number of amides is 1. The van der Waals surface area contributed by atoms with Crippen LogP contribution in [0.1, 0.15) is 17.3 Å². The second-order valence-corrected chi connectivity index (χ2v) is 2.72. The van der Waals surface area contributed by atoms with Crippen molar-refractivity contribution in [2.75, 3.05) is 5.32 Å². The Kier molecular flexibility index (Phi) is 5.26. The van der Waals surface area contributed by atoms with Gasteiger partial charge in [-0.1, -0.05) is 0 Å². The number of aromatic carboxylic acids is 1. The van der Waals surface area contributed by atoms with Crippen molar-refractivity contribution in [3.05, 3.63) is 23.8 Å². The molecule has 0 heterocycles. The summed E-state index contributed by atoms with van der Waals surface area (Å²) in [6, 6.07) is 3.83. The van der Waals surface area contributed by atoms with E-state index < -0.39 is 5.97 Å². The van der Waals surface area contributed by atoms with E-state index in [-0.39, 0.29) is 44.5 Å². The van der Waals surface area contributed by atoms with Crippen LogP contribution in [0.15, 0.2) is 18.2 Å². The van der Waals surface area contributed by atoms with E-state index >= 15 is 0 Å². The fourth-order valence-electron chi connectivity index (χ4n) is 0.988. The number of hydrogen-bond acceptors (Lipinski definition) is 3. The van der Waals surface area contributed by atoms with Gasteiger partial charge in [0.15, 0.2) is 0 Å². The van der Waals surface area contributed by atoms with Crippen molar-refractivity contribution >= 4 is 44.9 Å². The van der Waals surface area contributed by atoms with Crippen molar-refractivity contribution in [2.45, 2.75) is 6.92 Å². The van der Waals surface area contributed by atoms with Crippen molar-refractivity contribution in [1.29, 1.82) is 0 Å². The van der Waals surface area contributed by atoms with E-state index in [1.807, 2.05) is 0 Å². The first-order valence-electron chi connectivity index (χ1n) is 3.84. The van der Waals surface area contributed by atoms with Gasteiger partial charge in [-0.05, 0) is 18.2 Å². The molecule has 80 valence electrons. The van der Waals surface area contributed by atoms with Crippen LogP contribution < -0.4 is 5.32 Å². The number of carboxylic acid groups (broad SMARTS) is 1. The molecule has 0 fully saturated rings. The SMILES string of the molecule is CC(=O)Nc1ccc(O)c(C(=O)O)c1.[PbH2]. The molecule has 1 aromatic rings. The topological polar surface area (TPSA) is 86.6 Å². The molecule has 0 atom stereocenters. The summed E-state index contributed by atoms with van der Waals surface area (Å²) in [7, 11) is 0. The molecular formula is C9H11NO4Pb. The van der Waals surface area contributed by atoms with Gasteiger partial charge in [0.2, 0.25) is 5.91 Å². The zero-order valence-electron chi connectivity index (χ0n) is 8.15. The maximum atomic E-state index is 10.7. The summed E-state index contributed by atoms with van der Waals surface area (Å²) < 4.78 is 0. The quantitative estimate of drug-likeness (QED) is 0.483. The Balaban J connectivity index is 0.00000196. The second-order valence-electron chi connectivity index (χ2n) is 2.72. The van der Waals surface area contributed by atoms with Gasteiger partial charge in [-0.2, -0.15) is 0 Å². The van der Waals surface area contributed by atoms with Crippen molar-refractivity contribution in [2.24, 2.45) is 0 Å². The molecule has 0 saturated heterocycles. The first-order valence-corrected chi connectivity index (χ1v) is 3.84. The van der Waals surface area contributed by atoms with E-state index in [0.717, 1.165) is 0 Å². The zero-order chi connectivity index (χ0) is 10.7. The summed E-state index contributed by atoms with van der Waals surface area (Å²) in [6.45, 7) is 1.31. The van der Waals surface area contributed by atoms with Crippen LogP contribution in [0.5, 0.6) is 5.75 Å². The Morgan fingerprint density at radius 1 is 1.33 bits per heavy atom. The van der Waals surface area contributed by atoms with E-state index in [1.165, 1.54) is 25.1 Å². The van der Waals surface area contributed by atoms with E-state index in [0.29, 0.717) is 5.69 Å². The van der Waals surface area contributed by atoms with Gasteiger partial charge in [-0.25, -0.2) is 4.79 Å². The first-order chi connectivity index (χ1) is 6.50. The van der Waals surface area contributed by atoms with Crippen LogP contribution >= 0.6 is 0 Å². The van der Waals surface area contributed by atoms with Gasteiger partial charge in [-0.3, -0.25) is 4.79 Å². The number of hydrogen-bond donors (Lipinski definition) is 3. The van der Waals surface area contributed by atoms with Crippen molar-refractivity contribution in [3.8, 4) is 5.75 Å². The molecule has 0 aromatic heterocycles. The average molecular weight is 404 g/mol. The van der Waals surface area contributed by atoms with Crippen LogP contribution in [0.3, 0.4) is 0 Å². The van der Waals surface area contributed by atoms with Gasteiger partial charge in [0, 0.05) is 12.6 Å². The van der Waals surface area contributed by atoms with Crippen molar-refractivity contribution < 1.29 is 19.8 Å². The van der Waals surface area contributed by atoms with Gasteiger partial charge >= 0.3 is 33.3 Å². The molecule has 1 aromatic carbocycles. The van der Waals surface area contributed by atoms with E-state index in [2.05, 4.69) is 5.32 Å². The zero-order valence-corrected chi connectivity index (χ0v) is 13.6. The Morgan fingerprint density at radius 3 is 2.40 bits per heavy atom. The number of benzene rings is 1. The molecule has 6 heteroatoms. The van der Waals surface area contributed by atoms with Gasteiger partial charge in [0.1, 0.15) is 11.3 Å². The maximum absolute atomic E-state index is 10.7. The first kappa shape index (κ1) is 13.9. The van der Waals surface area contributed by atoms with Crippen LogP contribution in [0.2, 0.25) is 0 Å². The third-order valence-electron chi connectivity index (χ3n) is 1.55. The molecule has 0 spiro atoms. The molecule has 5 nitrogen and oxygen atoms in total. The molecule has 2 radical (unpaired) electrons. The Labute approximate surface area is 106 Å². The molecule has 1 amide bonds. The number of nitrogens with one attached hydrogen (secondary N) is 1. The van der Waals surface area contributed by atoms with Crippen LogP contribution in [-0.4, -0.2) is 49.4 Å². The number of anilines is 1. The molecular weight excluding hydrogens is 393 g/mol. The number of rotatable bonds is 2. The number of carbonyl (C=O) groups is 2. The molecule has 0 unspecified atom stereocenters. The summed E-state index contributed by atoms with van der Waals surface area (Å²) >= 11 is 0. The van der Waals surface area contributed by atoms with E-state index in [1.54, 1.807) is 0 Å².